The number of alkyl halides is 3. The Morgan fingerprint density at radius 1 is 1.11 bits per heavy atom. The van der Waals surface area contributed by atoms with Gasteiger partial charge in [-0.1, -0.05) is 0 Å². The molecular formula is C11H14F3NO3S. The summed E-state index contributed by atoms with van der Waals surface area (Å²) in [6.45, 7) is -0.101. The van der Waals surface area contributed by atoms with Crippen molar-refractivity contribution in [3.63, 3.8) is 0 Å². The summed E-state index contributed by atoms with van der Waals surface area (Å²) in [7, 11) is -3.60. The summed E-state index contributed by atoms with van der Waals surface area (Å²) in [5, 5.41) is 8.54. The molecule has 0 radical (unpaired) electrons. The van der Waals surface area contributed by atoms with Crippen LogP contribution < -0.4 is 4.72 Å². The first kappa shape index (κ1) is 15.8. The second-order valence-electron chi connectivity index (χ2n) is 3.93. The summed E-state index contributed by atoms with van der Waals surface area (Å²) in [6, 6.07) is 3.75. The van der Waals surface area contributed by atoms with Gasteiger partial charge in [0, 0.05) is 12.3 Å². The topological polar surface area (TPSA) is 66.4 Å². The molecule has 0 aliphatic rings. The minimum Gasteiger partial charge on any atom is -0.396 e. The molecule has 0 aliphatic carbocycles. The number of rotatable bonds is 6. The van der Waals surface area contributed by atoms with Gasteiger partial charge in [-0.25, -0.2) is 8.42 Å². The number of unbranched alkanes of at least 4 members (excludes halogenated alkanes) is 1. The van der Waals surface area contributed by atoms with Crippen LogP contribution in [-0.2, 0) is 16.2 Å². The van der Waals surface area contributed by atoms with Crippen LogP contribution in [-0.4, -0.2) is 25.9 Å². The molecule has 0 saturated carbocycles. The molecule has 0 fully saturated rings. The zero-order chi connectivity index (χ0) is 14.5. The quantitative estimate of drug-likeness (QED) is 0.791. The van der Waals surface area contributed by atoms with Gasteiger partial charge in [-0.2, -0.15) is 13.2 Å². The van der Waals surface area contributed by atoms with E-state index in [-0.39, 0.29) is 24.5 Å². The summed E-state index contributed by atoms with van der Waals surface area (Å²) < 4.78 is 62.2. The molecule has 0 heterocycles. The predicted molar refractivity (Wildman–Crippen MR) is 65.2 cm³/mol. The van der Waals surface area contributed by atoms with E-state index in [9.17, 15) is 21.6 Å². The maximum Gasteiger partial charge on any atom is 0.416 e. The van der Waals surface area contributed by atoms with E-state index < -0.39 is 21.8 Å². The van der Waals surface area contributed by atoms with E-state index in [1.807, 2.05) is 0 Å². The van der Waals surface area contributed by atoms with Crippen LogP contribution in [0.25, 0.3) is 0 Å². The third-order valence-corrected chi connectivity index (χ3v) is 3.68. The number of aliphatic hydroxyl groups is 1. The predicted octanol–water partition coefficient (Wildman–Crippen LogP) is 2.22. The van der Waals surface area contributed by atoms with Crippen molar-refractivity contribution >= 4 is 15.7 Å². The van der Waals surface area contributed by atoms with Gasteiger partial charge in [0.25, 0.3) is 0 Å². The molecule has 0 spiro atoms. The van der Waals surface area contributed by atoms with Gasteiger partial charge in [-0.3, -0.25) is 4.72 Å². The van der Waals surface area contributed by atoms with Gasteiger partial charge >= 0.3 is 6.18 Å². The molecule has 108 valence electrons. The summed E-state index contributed by atoms with van der Waals surface area (Å²) in [6.07, 6.45) is -3.81. The first-order chi connectivity index (χ1) is 8.74. The fourth-order valence-corrected chi connectivity index (χ4v) is 2.54. The lowest BCUT2D eigenvalue weighted by Crippen LogP contribution is -2.17. The fraction of sp³-hybridized carbons (Fsp3) is 0.455. The third-order valence-electron chi connectivity index (χ3n) is 2.31. The van der Waals surface area contributed by atoms with E-state index in [1.54, 1.807) is 0 Å². The number of halogens is 3. The molecule has 2 N–H and O–H groups in total. The Kier molecular flexibility index (Phi) is 5.19. The Morgan fingerprint density at radius 3 is 2.16 bits per heavy atom. The van der Waals surface area contributed by atoms with Gasteiger partial charge in [0.15, 0.2) is 0 Å². The highest BCUT2D eigenvalue weighted by atomic mass is 32.2. The monoisotopic (exact) mass is 297 g/mol. The van der Waals surface area contributed by atoms with Crippen LogP contribution in [0.3, 0.4) is 0 Å². The van der Waals surface area contributed by atoms with Crippen LogP contribution in [0.5, 0.6) is 0 Å². The van der Waals surface area contributed by atoms with Crippen LogP contribution in [0.15, 0.2) is 24.3 Å². The van der Waals surface area contributed by atoms with Gasteiger partial charge in [0.1, 0.15) is 0 Å². The number of hydrogen-bond acceptors (Lipinski definition) is 3. The van der Waals surface area contributed by atoms with Crippen LogP contribution in [0.1, 0.15) is 18.4 Å². The summed E-state index contributed by atoms with van der Waals surface area (Å²) in [5.41, 5.74) is -0.757. The van der Waals surface area contributed by atoms with Gasteiger partial charge in [-0.15, -0.1) is 0 Å². The standard InChI is InChI=1S/C11H14F3NO3S/c12-11(13,14)9-3-5-10(6-4-9)15-19(17,18)8-2-1-7-16/h3-6,15-16H,1-2,7-8H2. The van der Waals surface area contributed by atoms with Crippen molar-refractivity contribution in [1.29, 1.82) is 0 Å². The molecule has 19 heavy (non-hydrogen) atoms. The van der Waals surface area contributed by atoms with Crippen molar-refractivity contribution in [2.24, 2.45) is 0 Å². The Morgan fingerprint density at radius 2 is 1.68 bits per heavy atom. The van der Waals surface area contributed by atoms with Gasteiger partial charge < -0.3 is 5.11 Å². The minimum atomic E-state index is -4.45. The molecule has 8 heteroatoms. The summed E-state index contributed by atoms with van der Waals surface area (Å²) in [4.78, 5) is 0. The number of hydrogen-bond donors (Lipinski definition) is 2. The minimum absolute atomic E-state index is 0.0806. The van der Waals surface area contributed by atoms with Crippen LogP contribution in [0.2, 0.25) is 0 Å². The molecule has 1 aromatic carbocycles. The van der Waals surface area contributed by atoms with Crippen molar-refractivity contribution in [2.75, 3.05) is 17.1 Å². The number of anilines is 1. The molecule has 0 bridgehead atoms. The Labute approximate surface area is 109 Å². The maximum absolute atomic E-state index is 12.3. The molecule has 4 nitrogen and oxygen atoms in total. The van der Waals surface area contributed by atoms with E-state index in [0.29, 0.717) is 6.42 Å². The zero-order valence-electron chi connectivity index (χ0n) is 9.94. The number of nitrogens with one attached hydrogen (secondary N) is 1. The average Bonchev–Trinajstić information content (AvgIpc) is 2.28. The second-order valence-corrected chi connectivity index (χ2v) is 5.77. The highest BCUT2D eigenvalue weighted by Crippen LogP contribution is 2.29. The van der Waals surface area contributed by atoms with E-state index >= 15 is 0 Å². The normalized spacial score (nSPS) is 12.4. The highest BCUT2D eigenvalue weighted by Gasteiger charge is 2.30. The van der Waals surface area contributed by atoms with Crippen molar-refractivity contribution < 1.29 is 26.7 Å². The van der Waals surface area contributed by atoms with Gasteiger partial charge in [-0.05, 0) is 37.1 Å². The molecule has 0 unspecified atom stereocenters. The first-order valence-corrected chi connectivity index (χ1v) is 7.18. The molecule has 1 aromatic rings. The Hall–Kier alpha value is -1.28. The lowest BCUT2D eigenvalue weighted by Gasteiger charge is -2.10. The molecule has 0 atom stereocenters. The van der Waals surface area contributed by atoms with Gasteiger partial charge in [0.05, 0.1) is 11.3 Å². The Balaban J connectivity index is 2.67. The highest BCUT2D eigenvalue weighted by molar-refractivity contribution is 7.92. The fourth-order valence-electron chi connectivity index (χ4n) is 1.36. The molecular weight excluding hydrogens is 283 g/mol. The van der Waals surface area contributed by atoms with E-state index in [1.165, 1.54) is 0 Å². The lowest BCUT2D eigenvalue weighted by molar-refractivity contribution is -0.137. The lowest BCUT2D eigenvalue weighted by atomic mass is 10.2. The van der Waals surface area contributed by atoms with Crippen LogP contribution in [0, 0.1) is 0 Å². The van der Waals surface area contributed by atoms with Crippen molar-refractivity contribution in [3.8, 4) is 0 Å². The zero-order valence-corrected chi connectivity index (χ0v) is 10.8. The molecule has 0 aromatic heterocycles. The van der Waals surface area contributed by atoms with E-state index in [2.05, 4.69) is 4.72 Å². The summed E-state index contributed by atoms with van der Waals surface area (Å²) >= 11 is 0. The third kappa shape index (κ3) is 5.48. The van der Waals surface area contributed by atoms with Crippen molar-refractivity contribution in [2.45, 2.75) is 19.0 Å². The van der Waals surface area contributed by atoms with Crippen LogP contribution in [0.4, 0.5) is 18.9 Å². The average molecular weight is 297 g/mol. The first-order valence-electron chi connectivity index (χ1n) is 5.53. The van der Waals surface area contributed by atoms with Crippen molar-refractivity contribution in [3.05, 3.63) is 29.8 Å². The molecule has 0 aliphatic heterocycles. The molecule has 1 rings (SSSR count). The van der Waals surface area contributed by atoms with E-state index in [0.717, 1.165) is 24.3 Å². The largest absolute Gasteiger partial charge is 0.416 e. The molecule has 0 amide bonds. The van der Waals surface area contributed by atoms with Crippen molar-refractivity contribution in [1.82, 2.24) is 0 Å². The SMILES string of the molecule is O=S(=O)(CCCCO)Nc1ccc(C(F)(F)F)cc1. The van der Waals surface area contributed by atoms with Crippen LogP contribution >= 0.6 is 0 Å². The number of aliphatic hydroxyl groups excluding tert-OH is 1. The van der Waals surface area contributed by atoms with Gasteiger partial charge in [0.2, 0.25) is 10.0 Å². The smallest absolute Gasteiger partial charge is 0.396 e. The maximum atomic E-state index is 12.3. The number of sulfonamides is 1. The van der Waals surface area contributed by atoms with E-state index in [4.69, 9.17) is 5.11 Å². The number of benzene rings is 1. The molecule has 0 saturated heterocycles. The summed E-state index contributed by atoms with van der Waals surface area (Å²) in [5.74, 6) is -0.186. The Bertz CT molecular complexity index is 497. The second kappa shape index (κ2) is 6.25.